The Morgan fingerprint density at radius 3 is 2.48 bits per heavy atom. The molecule has 0 bridgehead atoms. The summed E-state index contributed by atoms with van der Waals surface area (Å²) >= 11 is 11.9. The van der Waals surface area contributed by atoms with Crippen LogP contribution in [0.5, 0.6) is 11.5 Å². The number of halogens is 2. The van der Waals surface area contributed by atoms with Crippen molar-refractivity contribution < 1.29 is 19.4 Å². The lowest BCUT2D eigenvalue weighted by Gasteiger charge is -2.11. The molecule has 0 spiro atoms. The number of para-hydroxylation sites is 1. The standard InChI is InChI=1S/C14H11Cl2NO4/c15-10-2-1-3-11(16)13(10)21-7-6-20-12-8-17-5-4-9(12)14(18)19/h1-5,8H,6-7H2,(H,18,19). The first-order chi connectivity index (χ1) is 10.1. The molecule has 0 atom stereocenters. The number of carboxylic acid groups (broad SMARTS) is 1. The van der Waals surface area contributed by atoms with Crippen LogP contribution in [0.4, 0.5) is 0 Å². The predicted molar refractivity (Wildman–Crippen MR) is 78.6 cm³/mol. The van der Waals surface area contributed by atoms with Gasteiger partial charge in [-0.1, -0.05) is 29.3 Å². The highest BCUT2D eigenvalue weighted by molar-refractivity contribution is 6.37. The number of carboxylic acids is 1. The molecule has 21 heavy (non-hydrogen) atoms. The van der Waals surface area contributed by atoms with Crippen LogP contribution >= 0.6 is 23.2 Å². The number of nitrogens with zero attached hydrogens (tertiary/aromatic N) is 1. The van der Waals surface area contributed by atoms with E-state index < -0.39 is 5.97 Å². The fraction of sp³-hybridized carbons (Fsp3) is 0.143. The first-order valence-corrected chi connectivity index (χ1v) is 6.72. The molecule has 1 aromatic carbocycles. The van der Waals surface area contributed by atoms with Crippen molar-refractivity contribution in [3.8, 4) is 11.5 Å². The van der Waals surface area contributed by atoms with Gasteiger partial charge in [0.15, 0.2) is 11.5 Å². The largest absolute Gasteiger partial charge is 0.488 e. The topological polar surface area (TPSA) is 68.7 Å². The van der Waals surface area contributed by atoms with Crippen LogP contribution < -0.4 is 9.47 Å². The van der Waals surface area contributed by atoms with Gasteiger partial charge in [0.1, 0.15) is 18.8 Å². The van der Waals surface area contributed by atoms with E-state index in [1.165, 1.54) is 18.5 Å². The summed E-state index contributed by atoms with van der Waals surface area (Å²) in [5.41, 5.74) is 0.0424. The Balaban J connectivity index is 1.92. The molecule has 7 heteroatoms. The van der Waals surface area contributed by atoms with Crippen LogP contribution in [0.15, 0.2) is 36.7 Å². The van der Waals surface area contributed by atoms with Crippen molar-refractivity contribution in [3.05, 3.63) is 52.3 Å². The van der Waals surface area contributed by atoms with Gasteiger partial charge in [-0.25, -0.2) is 4.79 Å². The monoisotopic (exact) mass is 327 g/mol. The van der Waals surface area contributed by atoms with Gasteiger partial charge in [-0.3, -0.25) is 4.98 Å². The summed E-state index contributed by atoms with van der Waals surface area (Å²) in [4.78, 5) is 14.8. The van der Waals surface area contributed by atoms with Gasteiger partial charge >= 0.3 is 5.97 Å². The van der Waals surface area contributed by atoms with E-state index in [0.29, 0.717) is 15.8 Å². The van der Waals surface area contributed by atoms with Gasteiger partial charge in [0.2, 0.25) is 0 Å². The fourth-order valence-electron chi connectivity index (χ4n) is 1.59. The maximum absolute atomic E-state index is 11.0. The average Bonchev–Trinajstić information content (AvgIpc) is 2.46. The molecule has 0 radical (unpaired) electrons. The van der Waals surface area contributed by atoms with E-state index in [0.717, 1.165) is 0 Å². The second-order valence-electron chi connectivity index (χ2n) is 3.92. The zero-order chi connectivity index (χ0) is 15.2. The number of ether oxygens (including phenoxy) is 2. The van der Waals surface area contributed by atoms with Crippen molar-refractivity contribution in [1.82, 2.24) is 4.98 Å². The first-order valence-electron chi connectivity index (χ1n) is 5.96. The third kappa shape index (κ3) is 4.00. The molecule has 0 aliphatic carbocycles. The summed E-state index contributed by atoms with van der Waals surface area (Å²) in [6.07, 6.45) is 2.72. The molecular formula is C14H11Cl2NO4. The molecule has 0 saturated heterocycles. The molecular weight excluding hydrogens is 317 g/mol. The van der Waals surface area contributed by atoms with Gasteiger partial charge in [-0.2, -0.15) is 0 Å². The zero-order valence-electron chi connectivity index (χ0n) is 10.8. The lowest BCUT2D eigenvalue weighted by molar-refractivity contribution is 0.0691. The Bertz CT molecular complexity index is 628. The van der Waals surface area contributed by atoms with Crippen LogP contribution in [0.25, 0.3) is 0 Å². The van der Waals surface area contributed by atoms with Crippen molar-refractivity contribution in [2.75, 3.05) is 13.2 Å². The fourth-order valence-corrected chi connectivity index (χ4v) is 2.09. The Hall–Kier alpha value is -1.98. The quantitative estimate of drug-likeness (QED) is 0.822. The predicted octanol–water partition coefficient (Wildman–Crippen LogP) is 3.54. The molecule has 0 amide bonds. The number of carbonyl (C=O) groups is 1. The second kappa shape index (κ2) is 7.15. The molecule has 0 saturated carbocycles. The summed E-state index contributed by atoms with van der Waals surface area (Å²) in [6.45, 7) is 0.297. The highest BCUT2D eigenvalue weighted by atomic mass is 35.5. The Morgan fingerprint density at radius 1 is 1.14 bits per heavy atom. The van der Waals surface area contributed by atoms with Gasteiger partial charge in [0, 0.05) is 6.20 Å². The summed E-state index contributed by atoms with van der Waals surface area (Å²) in [6, 6.07) is 6.40. The minimum absolute atomic E-state index is 0.0424. The summed E-state index contributed by atoms with van der Waals surface area (Å²) in [7, 11) is 0. The van der Waals surface area contributed by atoms with Gasteiger partial charge in [0.25, 0.3) is 0 Å². The molecule has 0 fully saturated rings. The van der Waals surface area contributed by atoms with E-state index in [1.807, 2.05) is 0 Å². The normalized spacial score (nSPS) is 10.2. The highest BCUT2D eigenvalue weighted by Crippen LogP contribution is 2.32. The minimum Gasteiger partial charge on any atom is -0.488 e. The van der Waals surface area contributed by atoms with Gasteiger partial charge in [-0.15, -0.1) is 0 Å². The van der Waals surface area contributed by atoms with Crippen molar-refractivity contribution in [2.24, 2.45) is 0 Å². The maximum Gasteiger partial charge on any atom is 0.339 e. The third-order valence-electron chi connectivity index (χ3n) is 2.52. The van der Waals surface area contributed by atoms with Crippen LogP contribution in [-0.2, 0) is 0 Å². The molecule has 1 N–H and O–H groups in total. The van der Waals surface area contributed by atoms with Crippen LogP contribution in [0.1, 0.15) is 10.4 Å². The van der Waals surface area contributed by atoms with Crippen LogP contribution in [0.3, 0.4) is 0 Å². The molecule has 110 valence electrons. The van der Waals surface area contributed by atoms with Gasteiger partial charge < -0.3 is 14.6 Å². The minimum atomic E-state index is -1.08. The van der Waals surface area contributed by atoms with E-state index in [1.54, 1.807) is 18.2 Å². The molecule has 2 rings (SSSR count). The van der Waals surface area contributed by atoms with Crippen LogP contribution in [-0.4, -0.2) is 29.3 Å². The number of rotatable bonds is 6. The summed E-state index contributed by atoms with van der Waals surface area (Å²) in [5, 5.41) is 9.80. The number of benzene rings is 1. The molecule has 2 aromatic rings. The number of pyridine rings is 1. The molecule has 0 unspecified atom stereocenters. The van der Waals surface area contributed by atoms with Gasteiger partial charge in [-0.05, 0) is 18.2 Å². The maximum atomic E-state index is 11.0. The summed E-state index contributed by atoms with van der Waals surface area (Å²) in [5.74, 6) is -0.532. The number of hydrogen-bond donors (Lipinski definition) is 1. The second-order valence-corrected chi connectivity index (χ2v) is 4.74. The highest BCUT2D eigenvalue weighted by Gasteiger charge is 2.11. The molecule has 0 aliphatic rings. The number of hydrogen-bond acceptors (Lipinski definition) is 4. The summed E-state index contributed by atoms with van der Waals surface area (Å²) < 4.78 is 10.8. The Morgan fingerprint density at radius 2 is 1.81 bits per heavy atom. The van der Waals surface area contributed by atoms with E-state index in [9.17, 15) is 4.79 Å². The van der Waals surface area contributed by atoms with Crippen molar-refractivity contribution >= 4 is 29.2 Å². The Labute approximate surface area is 131 Å². The number of aromatic carboxylic acids is 1. The van der Waals surface area contributed by atoms with E-state index in [4.69, 9.17) is 37.8 Å². The SMILES string of the molecule is O=C(O)c1ccncc1OCCOc1c(Cl)cccc1Cl. The third-order valence-corrected chi connectivity index (χ3v) is 3.12. The first kappa shape index (κ1) is 15.4. The molecule has 0 aliphatic heterocycles. The number of aromatic nitrogens is 1. The lowest BCUT2D eigenvalue weighted by Crippen LogP contribution is -2.11. The smallest absolute Gasteiger partial charge is 0.339 e. The zero-order valence-corrected chi connectivity index (χ0v) is 12.3. The van der Waals surface area contributed by atoms with Crippen molar-refractivity contribution in [3.63, 3.8) is 0 Å². The average molecular weight is 328 g/mol. The van der Waals surface area contributed by atoms with Crippen LogP contribution in [0, 0.1) is 0 Å². The van der Waals surface area contributed by atoms with Crippen molar-refractivity contribution in [1.29, 1.82) is 0 Å². The Kier molecular flexibility index (Phi) is 5.25. The van der Waals surface area contributed by atoms with E-state index in [2.05, 4.69) is 4.98 Å². The van der Waals surface area contributed by atoms with Gasteiger partial charge in [0.05, 0.1) is 16.2 Å². The van der Waals surface area contributed by atoms with E-state index in [-0.39, 0.29) is 24.5 Å². The molecule has 1 aromatic heterocycles. The van der Waals surface area contributed by atoms with E-state index >= 15 is 0 Å². The van der Waals surface area contributed by atoms with Crippen LogP contribution in [0.2, 0.25) is 10.0 Å². The molecule has 1 heterocycles. The lowest BCUT2D eigenvalue weighted by atomic mass is 10.2. The molecule has 5 nitrogen and oxygen atoms in total. The van der Waals surface area contributed by atoms with Crippen molar-refractivity contribution in [2.45, 2.75) is 0 Å².